The Bertz CT molecular complexity index is 1440. The Kier molecular flexibility index (Phi) is 10.4. The summed E-state index contributed by atoms with van der Waals surface area (Å²) in [5, 5.41) is 4.56. The summed E-state index contributed by atoms with van der Waals surface area (Å²) in [4.78, 5) is 12.8. The SMILES string of the molecule is COc1ccc(/C=N/NC(=O)CN(Cc2ccc(Cl)c(Cl)c2)S(=O)(=O)c2ccc(Br)cc2)c(OC)c1OC. The van der Waals surface area contributed by atoms with E-state index in [2.05, 4.69) is 26.5 Å². The molecule has 0 aromatic heterocycles. The molecule has 0 saturated carbocycles. The summed E-state index contributed by atoms with van der Waals surface area (Å²) in [5.41, 5.74) is 3.41. The number of rotatable bonds is 11. The van der Waals surface area contributed by atoms with Gasteiger partial charge < -0.3 is 14.2 Å². The highest BCUT2D eigenvalue weighted by Gasteiger charge is 2.27. The van der Waals surface area contributed by atoms with Crippen molar-refractivity contribution in [3.8, 4) is 17.2 Å². The lowest BCUT2D eigenvalue weighted by Crippen LogP contribution is -2.39. The van der Waals surface area contributed by atoms with Gasteiger partial charge in [-0.1, -0.05) is 45.2 Å². The van der Waals surface area contributed by atoms with Crippen LogP contribution in [0.2, 0.25) is 10.0 Å². The fraction of sp³-hybridized carbons (Fsp3) is 0.200. The van der Waals surface area contributed by atoms with E-state index >= 15 is 0 Å². The van der Waals surface area contributed by atoms with E-state index < -0.39 is 22.5 Å². The third-order valence-corrected chi connectivity index (χ3v) is 8.32. The van der Waals surface area contributed by atoms with Gasteiger partial charge in [0.05, 0.1) is 49.0 Å². The molecule has 13 heteroatoms. The smallest absolute Gasteiger partial charge is 0.255 e. The molecular formula is C25H24BrCl2N3O6S. The molecule has 1 N–H and O–H groups in total. The predicted molar refractivity (Wildman–Crippen MR) is 150 cm³/mol. The third kappa shape index (κ3) is 7.17. The maximum Gasteiger partial charge on any atom is 0.255 e. The van der Waals surface area contributed by atoms with Crippen molar-refractivity contribution >= 4 is 61.3 Å². The van der Waals surface area contributed by atoms with Gasteiger partial charge in [0.25, 0.3) is 5.91 Å². The minimum Gasteiger partial charge on any atom is -0.493 e. The molecule has 0 radical (unpaired) electrons. The number of sulfonamides is 1. The van der Waals surface area contributed by atoms with Gasteiger partial charge in [0.15, 0.2) is 11.5 Å². The van der Waals surface area contributed by atoms with Crippen LogP contribution in [-0.2, 0) is 21.4 Å². The zero-order valence-corrected chi connectivity index (χ0v) is 24.5. The van der Waals surface area contributed by atoms with Gasteiger partial charge in [0, 0.05) is 16.6 Å². The number of amides is 1. The van der Waals surface area contributed by atoms with E-state index in [-0.39, 0.29) is 16.5 Å². The molecule has 0 aliphatic rings. The molecule has 0 aliphatic heterocycles. The van der Waals surface area contributed by atoms with Crippen molar-refractivity contribution < 1.29 is 27.4 Å². The molecule has 0 fully saturated rings. The van der Waals surface area contributed by atoms with Crippen LogP contribution < -0.4 is 19.6 Å². The molecule has 9 nitrogen and oxygen atoms in total. The first-order valence-electron chi connectivity index (χ1n) is 10.9. The van der Waals surface area contributed by atoms with Gasteiger partial charge in [0.2, 0.25) is 15.8 Å². The number of halogens is 3. The molecule has 0 unspecified atom stereocenters. The third-order valence-electron chi connectivity index (χ3n) is 5.24. The number of hydrogen-bond acceptors (Lipinski definition) is 7. The van der Waals surface area contributed by atoms with Crippen LogP contribution in [0.15, 0.2) is 69.1 Å². The number of hydrazone groups is 1. The van der Waals surface area contributed by atoms with Crippen molar-refractivity contribution in [1.29, 1.82) is 0 Å². The predicted octanol–water partition coefficient (Wildman–Crippen LogP) is 5.12. The second kappa shape index (κ2) is 13.3. The maximum absolute atomic E-state index is 13.4. The number of nitrogens with one attached hydrogen (secondary N) is 1. The monoisotopic (exact) mass is 643 g/mol. The highest BCUT2D eigenvalue weighted by Crippen LogP contribution is 2.39. The Hall–Kier alpha value is -2.83. The molecule has 0 atom stereocenters. The highest BCUT2D eigenvalue weighted by atomic mass is 79.9. The van der Waals surface area contributed by atoms with Crippen molar-refractivity contribution in [2.45, 2.75) is 11.4 Å². The highest BCUT2D eigenvalue weighted by molar-refractivity contribution is 9.10. The summed E-state index contributed by atoms with van der Waals surface area (Å²) in [6, 6.07) is 14.2. The Morgan fingerprint density at radius 1 is 0.974 bits per heavy atom. The van der Waals surface area contributed by atoms with Gasteiger partial charge in [-0.3, -0.25) is 4.79 Å². The van der Waals surface area contributed by atoms with Crippen LogP contribution in [0.25, 0.3) is 0 Å². The molecule has 3 rings (SSSR count). The molecule has 3 aromatic carbocycles. The summed E-state index contributed by atoms with van der Waals surface area (Å²) in [7, 11) is 0.361. The van der Waals surface area contributed by atoms with E-state index in [1.54, 1.807) is 42.5 Å². The minimum absolute atomic E-state index is 0.0205. The van der Waals surface area contributed by atoms with Gasteiger partial charge >= 0.3 is 0 Å². The van der Waals surface area contributed by atoms with Crippen LogP contribution in [-0.4, -0.2) is 52.7 Å². The second-order valence-corrected chi connectivity index (χ2v) is 11.4. The summed E-state index contributed by atoms with van der Waals surface area (Å²) in [5.74, 6) is 0.505. The van der Waals surface area contributed by atoms with Crippen molar-refractivity contribution in [2.24, 2.45) is 5.10 Å². The fourth-order valence-corrected chi connectivity index (χ4v) is 5.39. The van der Waals surface area contributed by atoms with Crippen LogP contribution in [0.3, 0.4) is 0 Å². The van der Waals surface area contributed by atoms with Crippen molar-refractivity contribution in [2.75, 3.05) is 27.9 Å². The number of ether oxygens (including phenoxy) is 3. The lowest BCUT2D eigenvalue weighted by atomic mass is 10.2. The van der Waals surface area contributed by atoms with Gasteiger partial charge in [-0.25, -0.2) is 13.8 Å². The Labute approximate surface area is 239 Å². The lowest BCUT2D eigenvalue weighted by molar-refractivity contribution is -0.121. The topological polar surface area (TPSA) is 107 Å². The first-order valence-corrected chi connectivity index (χ1v) is 13.9. The number of benzene rings is 3. The quantitative estimate of drug-likeness (QED) is 0.229. The van der Waals surface area contributed by atoms with E-state index in [4.69, 9.17) is 37.4 Å². The fourth-order valence-electron chi connectivity index (χ4n) is 3.42. The molecule has 38 heavy (non-hydrogen) atoms. The van der Waals surface area contributed by atoms with E-state index in [0.29, 0.717) is 37.9 Å². The lowest BCUT2D eigenvalue weighted by Gasteiger charge is -2.22. The van der Waals surface area contributed by atoms with Gasteiger partial charge in [-0.15, -0.1) is 0 Å². The van der Waals surface area contributed by atoms with E-state index in [9.17, 15) is 13.2 Å². The van der Waals surface area contributed by atoms with Crippen LogP contribution >= 0.6 is 39.1 Å². The summed E-state index contributed by atoms with van der Waals surface area (Å²) >= 11 is 15.4. The molecule has 3 aromatic rings. The maximum atomic E-state index is 13.4. The molecule has 0 heterocycles. The number of carbonyl (C=O) groups is 1. The average molecular weight is 645 g/mol. The van der Waals surface area contributed by atoms with Crippen LogP contribution in [0.5, 0.6) is 17.2 Å². The second-order valence-electron chi connectivity index (χ2n) is 7.69. The zero-order chi connectivity index (χ0) is 27.9. The number of methoxy groups -OCH3 is 3. The molecule has 0 aliphatic carbocycles. The molecule has 202 valence electrons. The average Bonchev–Trinajstić information content (AvgIpc) is 2.90. The Morgan fingerprint density at radius 2 is 1.66 bits per heavy atom. The summed E-state index contributed by atoms with van der Waals surface area (Å²) in [6.07, 6.45) is 1.35. The van der Waals surface area contributed by atoms with E-state index in [1.807, 2.05) is 0 Å². The molecular weight excluding hydrogens is 621 g/mol. The molecule has 0 saturated heterocycles. The number of carbonyl (C=O) groups excluding carboxylic acids is 1. The summed E-state index contributed by atoms with van der Waals surface area (Å²) in [6.45, 7) is -0.644. The van der Waals surface area contributed by atoms with E-state index in [1.165, 1.54) is 39.7 Å². The standard InChI is InChI=1S/C25H24BrCl2N3O6S/c1-35-22-11-5-17(24(36-2)25(22)37-3)13-29-30-23(32)15-31(14-16-4-10-20(27)21(28)12-16)38(33,34)19-8-6-18(26)7-9-19/h4-13H,14-15H2,1-3H3,(H,30,32)/b29-13+. The zero-order valence-electron chi connectivity index (χ0n) is 20.6. The number of nitrogens with zero attached hydrogens (tertiary/aromatic N) is 2. The largest absolute Gasteiger partial charge is 0.493 e. The van der Waals surface area contributed by atoms with Crippen LogP contribution in [0, 0.1) is 0 Å². The minimum atomic E-state index is -4.07. The molecule has 0 spiro atoms. The van der Waals surface area contributed by atoms with Gasteiger partial charge in [0.1, 0.15) is 0 Å². The van der Waals surface area contributed by atoms with Gasteiger partial charge in [-0.2, -0.15) is 9.41 Å². The Balaban J connectivity index is 1.84. The van der Waals surface area contributed by atoms with Crippen molar-refractivity contribution in [1.82, 2.24) is 9.73 Å². The normalized spacial score (nSPS) is 11.6. The molecule has 0 bridgehead atoms. The van der Waals surface area contributed by atoms with Crippen molar-refractivity contribution in [3.05, 3.63) is 80.2 Å². The van der Waals surface area contributed by atoms with E-state index in [0.717, 1.165) is 4.31 Å². The first kappa shape index (κ1) is 29.7. The van der Waals surface area contributed by atoms with Crippen LogP contribution in [0.4, 0.5) is 0 Å². The Morgan fingerprint density at radius 3 is 2.26 bits per heavy atom. The van der Waals surface area contributed by atoms with Crippen molar-refractivity contribution in [3.63, 3.8) is 0 Å². The molecule has 1 amide bonds. The number of hydrogen-bond donors (Lipinski definition) is 1. The summed E-state index contributed by atoms with van der Waals surface area (Å²) < 4.78 is 44.6. The first-order chi connectivity index (χ1) is 18.1. The van der Waals surface area contributed by atoms with Gasteiger partial charge in [-0.05, 0) is 54.1 Å². The van der Waals surface area contributed by atoms with Crippen LogP contribution in [0.1, 0.15) is 11.1 Å².